The number of methoxy groups -OCH3 is 3. The van der Waals surface area contributed by atoms with Gasteiger partial charge < -0.3 is 24.3 Å². The summed E-state index contributed by atoms with van der Waals surface area (Å²) in [6, 6.07) is 28.3. The van der Waals surface area contributed by atoms with E-state index in [-0.39, 0.29) is 12.5 Å². The Labute approximate surface area is 216 Å². The zero-order valence-electron chi connectivity index (χ0n) is 20.9. The molecule has 1 N–H and O–H groups in total. The van der Waals surface area contributed by atoms with Gasteiger partial charge in [0.15, 0.2) is 0 Å². The number of carbonyl (C=O) groups is 1. The van der Waals surface area contributed by atoms with Crippen LogP contribution in [0.2, 0.25) is 0 Å². The fourth-order valence-electron chi connectivity index (χ4n) is 4.43. The van der Waals surface area contributed by atoms with Crippen molar-refractivity contribution in [1.82, 2.24) is 0 Å². The third kappa shape index (κ3) is 4.89. The van der Waals surface area contributed by atoms with E-state index in [1.807, 2.05) is 91.0 Å². The predicted molar refractivity (Wildman–Crippen MR) is 143 cm³/mol. The fraction of sp³-hybridized carbons (Fsp3) is 0.167. The summed E-state index contributed by atoms with van der Waals surface area (Å²) in [5.74, 6) is 2.74. The molecule has 0 radical (unpaired) electrons. The first-order valence-corrected chi connectivity index (χ1v) is 11.9. The zero-order valence-corrected chi connectivity index (χ0v) is 20.9. The Hall–Kier alpha value is -4.65. The molecule has 0 bridgehead atoms. The monoisotopic (exact) mass is 496 g/mol. The number of nitrogens with one attached hydrogen (secondary N) is 1. The van der Waals surface area contributed by atoms with Crippen molar-refractivity contribution in [2.24, 2.45) is 0 Å². The van der Waals surface area contributed by atoms with Crippen LogP contribution in [0.25, 0.3) is 0 Å². The van der Waals surface area contributed by atoms with Crippen LogP contribution in [0.3, 0.4) is 0 Å². The van der Waals surface area contributed by atoms with Gasteiger partial charge in [-0.15, -0.1) is 0 Å². The van der Waals surface area contributed by atoms with Crippen LogP contribution in [-0.4, -0.2) is 27.2 Å². The number of amides is 1. The van der Waals surface area contributed by atoms with E-state index in [0.29, 0.717) is 17.1 Å². The standard InChI is InChI=1S/C30H28N2O5/c1-34-23-14-12-22(13-15-23)32-29(31-27-10-5-4-9-26(27)30(32)33)20-11-16-28(36-3)21(17-20)19-37-25-8-6-7-24(18-25)35-2/h4-18,29,31H,19H2,1-3H3. The summed E-state index contributed by atoms with van der Waals surface area (Å²) < 4.78 is 22.3. The van der Waals surface area contributed by atoms with Crippen molar-refractivity contribution in [3.05, 3.63) is 108 Å². The minimum atomic E-state index is -0.447. The SMILES string of the molecule is COc1ccc(N2C(=O)c3ccccc3NC2c2ccc(OC)c(COc3cccc(OC)c3)c2)cc1. The average Bonchev–Trinajstić information content (AvgIpc) is 2.96. The number of fused-ring (bicyclic) bond motifs is 1. The van der Waals surface area contributed by atoms with Crippen LogP contribution in [0.4, 0.5) is 11.4 Å². The molecular weight excluding hydrogens is 468 g/mol. The third-order valence-corrected chi connectivity index (χ3v) is 6.33. The molecule has 0 aliphatic carbocycles. The number of ether oxygens (including phenoxy) is 4. The highest BCUT2D eigenvalue weighted by molar-refractivity contribution is 6.12. The summed E-state index contributed by atoms with van der Waals surface area (Å²) in [6.07, 6.45) is -0.447. The number of rotatable bonds is 8. The van der Waals surface area contributed by atoms with Gasteiger partial charge in [-0.05, 0) is 66.2 Å². The van der Waals surface area contributed by atoms with E-state index >= 15 is 0 Å². The molecule has 1 aliphatic rings. The Bertz CT molecular complexity index is 1400. The number of hydrogen-bond donors (Lipinski definition) is 1. The molecule has 4 aromatic rings. The van der Waals surface area contributed by atoms with Gasteiger partial charge in [-0.1, -0.05) is 24.3 Å². The van der Waals surface area contributed by atoms with Crippen molar-refractivity contribution < 1.29 is 23.7 Å². The van der Waals surface area contributed by atoms with Gasteiger partial charge in [-0.3, -0.25) is 9.69 Å². The fourth-order valence-corrected chi connectivity index (χ4v) is 4.43. The van der Waals surface area contributed by atoms with Crippen molar-refractivity contribution in [1.29, 1.82) is 0 Å². The normalized spacial score (nSPS) is 14.4. The van der Waals surface area contributed by atoms with Gasteiger partial charge in [0.05, 0.1) is 26.9 Å². The highest BCUT2D eigenvalue weighted by Gasteiger charge is 2.34. The summed E-state index contributed by atoms with van der Waals surface area (Å²) in [4.78, 5) is 15.5. The van der Waals surface area contributed by atoms with Crippen LogP contribution in [-0.2, 0) is 6.61 Å². The quantitative estimate of drug-likeness (QED) is 0.320. The summed E-state index contributed by atoms with van der Waals surface area (Å²) in [5, 5.41) is 3.55. The molecule has 1 atom stereocenters. The van der Waals surface area contributed by atoms with E-state index in [4.69, 9.17) is 18.9 Å². The van der Waals surface area contributed by atoms with Crippen molar-refractivity contribution in [2.45, 2.75) is 12.8 Å². The molecule has 1 heterocycles. The summed E-state index contributed by atoms with van der Waals surface area (Å²) in [7, 11) is 4.87. The highest BCUT2D eigenvalue weighted by atomic mass is 16.5. The Morgan fingerprint density at radius 3 is 2.27 bits per heavy atom. The lowest BCUT2D eigenvalue weighted by Crippen LogP contribution is -2.43. The van der Waals surface area contributed by atoms with E-state index < -0.39 is 6.17 Å². The van der Waals surface area contributed by atoms with Crippen molar-refractivity contribution in [2.75, 3.05) is 31.5 Å². The first-order valence-electron chi connectivity index (χ1n) is 11.9. The summed E-state index contributed by atoms with van der Waals surface area (Å²) >= 11 is 0. The molecule has 1 amide bonds. The Morgan fingerprint density at radius 2 is 1.51 bits per heavy atom. The third-order valence-electron chi connectivity index (χ3n) is 6.33. The van der Waals surface area contributed by atoms with Gasteiger partial charge in [-0.25, -0.2) is 0 Å². The Balaban J connectivity index is 1.51. The molecule has 7 nitrogen and oxygen atoms in total. The summed E-state index contributed by atoms with van der Waals surface area (Å²) in [5.41, 5.74) is 3.90. The number of para-hydroxylation sites is 1. The van der Waals surface area contributed by atoms with E-state index in [9.17, 15) is 4.79 Å². The first-order chi connectivity index (χ1) is 18.1. The van der Waals surface area contributed by atoms with Crippen LogP contribution in [0.15, 0.2) is 91.0 Å². The minimum absolute atomic E-state index is 0.0884. The van der Waals surface area contributed by atoms with Gasteiger partial charge in [0.1, 0.15) is 35.8 Å². The van der Waals surface area contributed by atoms with Gasteiger partial charge in [0, 0.05) is 23.0 Å². The molecule has 0 fully saturated rings. The predicted octanol–water partition coefficient (Wildman–Crippen LogP) is 6.06. The van der Waals surface area contributed by atoms with Crippen LogP contribution < -0.4 is 29.2 Å². The lowest BCUT2D eigenvalue weighted by molar-refractivity contribution is 0.0975. The van der Waals surface area contributed by atoms with E-state index in [2.05, 4.69) is 5.32 Å². The van der Waals surface area contributed by atoms with Crippen LogP contribution in [0, 0.1) is 0 Å². The van der Waals surface area contributed by atoms with E-state index in [0.717, 1.165) is 34.0 Å². The van der Waals surface area contributed by atoms with Gasteiger partial charge in [0.25, 0.3) is 5.91 Å². The smallest absolute Gasteiger partial charge is 0.262 e. The maximum Gasteiger partial charge on any atom is 0.262 e. The number of anilines is 2. The topological polar surface area (TPSA) is 69.3 Å². The van der Waals surface area contributed by atoms with Gasteiger partial charge in [0.2, 0.25) is 0 Å². The average molecular weight is 497 g/mol. The van der Waals surface area contributed by atoms with E-state index in [1.165, 1.54) is 0 Å². The second-order valence-electron chi connectivity index (χ2n) is 8.50. The summed E-state index contributed by atoms with van der Waals surface area (Å²) in [6.45, 7) is 0.282. The van der Waals surface area contributed by atoms with Gasteiger partial charge in [-0.2, -0.15) is 0 Å². The lowest BCUT2D eigenvalue weighted by atomic mass is 10.0. The van der Waals surface area contributed by atoms with Crippen molar-refractivity contribution in [3.63, 3.8) is 0 Å². The second kappa shape index (κ2) is 10.5. The maximum absolute atomic E-state index is 13.7. The molecule has 0 aromatic heterocycles. The molecule has 4 aromatic carbocycles. The number of carbonyl (C=O) groups excluding carboxylic acids is 1. The van der Waals surface area contributed by atoms with Crippen molar-refractivity contribution in [3.8, 4) is 23.0 Å². The van der Waals surface area contributed by atoms with E-state index in [1.54, 1.807) is 26.2 Å². The molecule has 5 rings (SSSR count). The molecular formula is C30H28N2O5. The molecule has 0 spiro atoms. The largest absolute Gasteiger partial charge is 0.497 e. The van der Waals surface area contributed by atoms with Crippen LogP contribution in [0.5, 0.6) is 23.0 Å². The number of nitrogens with zero attached hydrogens (tertiary/aromatic N) is 1. The van der Waals surface area contributed by atoms with Crippen LogP contribution >= 0.6 is 0 Å². The molecule has 188 valence electrons. The molecule has 1 aliphatic heterocycles. The maximum atomic E-state index is 13.7. The first kappa shape index (κ1) is 24.1. The Kier molecular flexibility index (Phi) is 6.85. The number of benzene rings is 4. The minimum Gasteiger partial charge on any atom is -0.497 e. The number of hydrogen-bond acceptors (Lipinski definition) is 6. The zero-order chi connectivity index (χ0) is 25.8. The molecule has 7 heteroatoms. The van der Waals surface area contributed by atoms with Crippen LogP contribution in [0.1, 0.15) is 27.7 Å². The molecule has 37 heavy (non-hydrogen) atoms. The van der Waals surface area contributed by atoms with Crippen molar-refractivity contribution >= 4 is 17.3 Å². The molecule has 1 unspecified atom stereocenters. The lowest BCUT2D eigenvalue weighted by Gasteiger charge is -2.38. The second-order valence-corrected chi connectivity index (χ2v) is 8.50. The highest BCUT2D eigenvalue weighted by Crippen LogP contribution is 2.38. The molecule has 0 saturated heterocycles. The van der Waals surface area contributed by atoms with Gasteiger partial charge >= 0.3 is 0 Å². The Morgan fingerprint density at radius 1 is 0.757 bits per heavy atom. The molecule has 0 saturated carbocycles.